The fraction of sp³-hybridized carbons (Fsp3) is 0.235. The van der Waals surface area contributed by atoms with Crippen LogP contribution in [0, 0.1) is 11.2 Å². The molecule has 214 valence electrons. The van der Waals surface area contributed by atoms with Gasteiger partial charge in [0.1, 0.15) is 5.75 Å². The van der Waals surface area contributed by atoms with Crippen LogP contribution in [0.15, 0.2) is 102 Å². The van der Waals surface area contributed by atoms with E-state index in [0.717, 1.165) is 21.9 Å². The van der Waals surface area contributed by atoms with Crippen LogP contribution < -0.4 is 20.3 Å². The van der Waals surface area contributed by atoms with Crippen LogP contribution >= 0.6 is 11.3 Å². The van der Waals surface area contributed by atoms with Gasteiger partial charge in [0.2, 0.25) is 5.91 Å². The van der Waals surface area contributed by atoms with Crippen LogP contribution in [0.2, 0.25) is 0 Å². The van der Waals surface area contributed by atoms with Crippen molar-refractivity contribution in [2.24, 2.45) is 5.41 Å². The summed E-state index contributed by atoms with van der Waals surface area (Å²) in [6.45, 7) is 4.58. The molecule has 0 spiro atoms. The molecule has 0 fully saturated rings. The number of thiophene rings is 1. The van der Waals surface area contributed by atoms with Gasteiger partial charge in [-0.3, -0.25) is 9.59 Å². The first-order chi connectivity index (χ1) is 20.3. The van der Waals surface area contributed by atoms with Gasteiger partial charge < -0.3 is 20.3 Å². The molecule has 2 aliphatic rings. The average molecular weight is 582 g/mol. The zero-order chi connectivity index (χ0) is 29.3. The quantitative estimate of drug-likeness (QED) is 0.235. The third-order valence-corrected chi connectivity index (χ3v) is 8.48. The molecule has 1 amide bonds. The molecule has 2 heterocycles. The average Bonchev–Trinajstić information content (AvgIpc) is 3.44. The first kappa shape index (κ1) is 27.7. The van der Waals surface area contributed by atoms with Crippen molar-refractivity contribution in [2.75, 3.05) is 16.8 Å². The predicted molar refractivity (Wildman–Crippen MR) is 164 cm³/mol. The van der Waals surface area contributed by atoms with Gasteiger partial charge in [0, 0.05) is 22.6 Å². The van der Waals surface area contributed by atoms with E-state index in [2.05, 4.69) is 24.5 Å². The van der Waals surface area contributed by atoms with Crippen molar-refractivity contribution in [1.82, 2.24) is 5.32 Å². The second kappa shape index (κ2) is 11.4. The molecule has 4 aromatic rings. The first-order valence-corrected chi connectivity index (χ1v) is 14.9. The van der Waals surface area contributed by atoms with Crippen molar-refractivity contribution in [2.45, 2.75) is 39.3 Å². The number of ether oxygens (including phenoxy) is 1. The molecule has 1 aliphatic carbocycles. The fourth-order valence-corrected chi connectivity index (χ4v) is 6.41. The Hall–Kier alpha value is -4.43. The molecule has 1 aliphatic heterocycles. The number of halogens is 1. The Morgan fingerprint density at radius 2 is 1.83 bits per heavy atom. The van der Waals surface area contributed by atoms with Crippen LogP contribution in [0.1, 0.15) is 43.2 Å². The highest BCUT2D eigenvalue weighted by atomic mass is 32.1. The predicted octanol–water partition coefficient (Wildman–Crippen LogP) is 7.61. The number of carbonyl (C=O) groups is 2. The lowest BCUT2D eigenvalue weighted by atomic mass is 9.73. The standard InChI is InChI=1S/C34H32FN3O3S/c1-34(2)18-27-32(29(39)19-34)33(22-14-15-25(35)30(17-22)41-23-9-4-3-5-10-23)38(28-13-7-6-12-26(28)37-27)21-31(40)36-20-24-11-8-16-42-24/h3-17,33,37H,18-21H2,1-2H3,(H,36,40). The van der Waals surface area contributed by atoms with Gasteiger partial charge in [-0.2, -0.15) is 0 Å². The van der Waals surface area contributed by atoms with Crippen molar-refractivity contribution in [1.29, 1.82) is 0 Å². The van der Waals surface area contributed by atoms with Crippen LogP contribution in [-0.2, 0) is 16.1 Å². The Balaban J connectivity index is 1.46. The van der Waals surface area contributed by atoms with Crippen molar-refractivity contribution in [3.05, 3.63) is 118 Å². The molecule has 0 saturated carbocycles. The van der Waals surface area contributed by atoms with Gasteiger partial charge in [0.05, 0.1) is 30.5 Å². The third-order valence-electron chi connectivity index (χ3n) is 7.60. The first-order valence-electron chi connectivity index (χ1n) is 14.0. The third kappa shape index (κ3) is 5.81. The number of rotatable bonds is 7. The number of hydrogen-bond acceptors (Lipinski definition) is 6. The monoisotopic (exact) mass is 581 g/mol. The molecule has 2 N–H and O–H groups in total. The molecule has 1 atom stereocenters. The number of Topliss-reactive ketones (excluding diaryl/α,β-unsaturated/α-hetero) is 1. The number of para-hydroxylation sites is 3. The lowest BCUT2D eigenvalue weighted by Crippen LogP contribution is -2.41. The highest BCUT2D eigenvalue weighted by Crippen LogP contribution is 2.48. The highest BCUT2D eigenvalue weighted by molar-refractivity contribution is 7.09. The minimum Gasteiger partial charge on any atom is -0.454 e. The number of carbonyl (C=O) groups excluding carboxylic acids is 2. The summed E-state index contributed by atoms with van der Waals surface area (Å²) in [5, 5.41) is 8.56. The van der Waals surface area contributed by atoms with E-state index in [1.165, 1.54) is 6.07 Å². The number of nitrogens with one attached hydrogen (secondary N) is 2. The zero-order valence-electron chi connectivity index (χ0n) is 23.5. The van der Waals surface area contributed by atoms with Crippen LogP contribution in [0.4, 0.5) is 15.8 Å². The molecule has 0 radical (unpaired) electrons. The van der Waals surface area contributed by atoms with E-state index in [4.69, 9.17) is 4.74 Å². The Morgan fingerprint density at radius 1 is 1.05 bits per heavy atom. The summed E-state index contributed by atoms with van der Waals surface area (Å²) in [5.74, 6) is -0.136. The van der Waals surface area contributed by atoms with Gasteiger partial charge >= 0.3 is 0 Å². The van der Waals surface area contributed by atoms with Crippen LogP contribution in [0.5, 0.6) is 11.5 Å². The number of allylic oxidation sites excluding steroid dienone is 1. The summed E-state index contributed by atoms with van der Waals surface area (Å²) in [6, 6.07) is 24.7. The Labute approximate surface area is 248 Å². The summed E-state index contributed by atoms with van der Waals surface area (Å²) in [4.78, 5) is 30.4. The molecule has 1 unspecified atom stereocenters. The van der Waals surface area contributed by atoms with Gasteiger partial charge in [-0.1, -0.05) is 56.3 Å². The number of amides is 1. The van der Waals surface area contributed by atoms with Crippen molar-refractivity contribution < 1.29 is 18.7 Å². The molecule has 42 heavy (non-hydrogen) atoms. The van der Waals surface area contributed by atoms with Crippen LogP contribution in [-0.4, -0.2) is 18.2 Å². The maximum absolute atomic E-state index is 15.1. The number of nitrogens with zero attached hydrogens (tertiary/aromatic N) is 1. The molecule has 1 aromatic heterocycles. The SMILES string of the molecule is CC1(C)CC(=O)C2=C(C1)Nc1ccccc1N(CC(=O)NCc1cccs1)C2c1ccc(F)c(Oc2ccccc2)c1. The Kier molecular flexibility index (Phi) is 7.56. The number of benzene rings is 3. The van der Waals surface area contributed by atoms with Crippen molar-refractivity contribution in [3.8, 4) is 11.5 Å². The van der Waals surface area contributed by atoms with E-state index in [1.54, 1.807) is 35.6 Å². The van der Waals surface area contributed by atoms with Crippen molar-refractivity contribution >= 4 is 34.4 Å². The molecule has 0 bridgehead atoms. The molecular formula is C34H32FN3O3S. The van der Waals surface area contributed by atoms with E-state index < -0.39 is 11.9 Å². The molecule has 0 saturated heterocycles. The number of anilines is 2. The molecule has 6 nitrogen and oxygen atoms in total. The van der Waals surface area contributed by atoms with Crippen LogP contribution in [0.25, 0.3) is 0 Å². The van der Waals surface area contributed by atoms with Gasteiger partial charge in [-0.05, 0) is 65.2 Å². The minimum atomic E-state index is -0.647. The summed E-state index contributed by atoms with van der Waals surface area (Å²) in [7, 11) is 0. The number of ketones is 1. The van der Waals surface area contributed by atoms with Gasteiger partial charge in [-0.15, -0.1) is 11.3 Å². The van der Waals surface area contributed by atoms with E-state index in [9.17, 15) is 9.59 Å². The van der Waals surface area contributed by atoms with E-state index in [0.29, 0.717) is 36.3 Å². The van der Waals surface area contributed by atoms with E-state index >= 15 is 4.39 Å². The molecule has 3 aromatic carbocycles. The van der Waals surface area contributed by atoms with E-state index in [1.807, 2.05) is 64.9 Å². The fourth-order valence-electron chi connectivity index (χ4n) is 5.77. The van der Waals surface area contributed by atoms with Gasteiger partial charge in [0.25, 0.3) is 0 Å². The number of hydrogen-bond donors (Lipinski definition) is 2. The molecule has 6 rings (SSSR count). The normalized spacial score (nSPS) is 17.5. The van der Waals surface area contributed by atoms with Gasteiger partial charge in [0.15, 0.2) is 17.3 Å². The summed E-state index contributed by atoms with van der Waals surface area (Å²) in [6.07, 6.45) is 1.03. The molecule has 8 heteroatoms. The summed E-state index contributed by atoms with van der Waals surface area (Å²) in [5.41, 5.74) is 3.43. The summed E-state index contributed by atoms with van der Waals surface area (Å²) < 4.78 is 21.0. The van der Waals surface area contributed by atoms with Gasteiger partial charge in [-0.25, -0.2) is 4.39 Å². The number of fused-ring (bicyclic) bond motifs is 1. The topological polar surface area (TPSA) is 70.7 Å². The largest absolute Gasteiger partial charge is 0.454 e. The Morgan fingerprint density at radius 3 is 2.62 bits per heavy atom. The smallest absolute Gasteiger partial charge is 0.239 e. The maximum Gasteiger partial charge on any atom is 0.239 e. The minimum absolute atomic E-state index is 0.00500. The molecular weight excluding hydrogens is 549 g/mol. The van der Waals surface area contributed by atoms with Crippen LogP contribution in [0.3, 0.4) is 0 Å². The highest BCUT2D eigenvalue weighted by Gasteiger charge is 2.42. The summed E-state index contributed by atoms with van der Waals surface area (Å²) >= 11 is 1.58. The zero-order valence-corrected chi connectivity index (χ0v) is 24.3. The maximum atomic E-state index is 15.1. The van der Waals surface area contributed by atoms with E-state index in [-0.39, 0.29) is 29.4 Å². The lowest BCUT2D eigenvalue weighted by molar-refractivity contribution is -0.120. The Bertz CT molecular complexity index is 1650. The lowest BCUT2D eigenvalue weighted by Gasteiger charge is -2.38. The second-order valence-electron chi connectivity index (χ2n) is 11.5. The second-order valence-corrected chi connectivity index (χ2v) is 12.5. The van der Waals surface area contributed by atoms with Crippen molar-refractivity contribution in [3.63, 3.8) is 0 Å².